The molecule has 0 amide bonds. The molecule has 1 atom stereocenters. The number of nitriles is 1. The summed E-state index contributed by atoms with van der Waals surface area (Å²) >= 11 is 1.96. The van der Waals surface area contributed by atoms with E-state index in [9.17, 15) is 19.6 Å². The highest BCUT2D eigenvalue weighted by atomic mass is 127. The van der Waals surface area contributed by atoms with Crippen LogP contribution in [0.5, 0.6) is 5.75 Å². The molecule has 0 radical (unpaired) electrons. The van der Waals surface area contributed by atoms with Gasteiger partial charge in [-0.05, 0) is 45.9 Å². The molecule has 0 bridgehead atoms. The highest BCUT2D eigenvalue weighted by Gasteiger charge is 2.44. The molecule has 1 heterocycles. The number of carbonyl (C=O) groups is 3. The van der Waals surface area contributed by atoms with Crippen molar-refractivity contribution in [2.24, 2.45) is 5.73 Å². The Labute approximate surface area is 256 Å². The van der Waals surface area contributed by atoms with Gasteiger partial charge in [0.15, 0.2) is 0 Å². The van der Waals surface area contributed by atoms with Crippen LogP contribution < -0.4 is 15.4 Å². The zero-order chi connectivity index (χ0) is 30.4. The Balaban J connectivity index is 2.05. The second kappa shape index (κ2) is 13.2. The Bertz CT molecular complexity index is 1630. The topological polar surface area (TPSA) is 141 Å². The van der Waals surface area contributed by atoms with Crippen molar-refractivity contribution in [3.63, 3.8) is 0 Å². The number of nitrogens with zero attached hydrogens (tertiary/aromatic N) is 2. The minimum absolute atomic E-state index is 0.00360. The largest absolute Gasteiger partial charge is 0.487 e. The van der Waals surface area contributed by atoms with Crippen molar-refractivity contribution < 1.29 is 33.3 Å². The predicted molar refractivity (Wildman–Crippen MR) is 161 cm³/mol. The van der Waals surface area contributed by atoms with Crippen molar-refractivity contribution in [2.45, 2.75) is 12.5 Å². The zero-order valence-corrected chi connectivity index (χ0v) is 25.1. The third-order valence-corrected chi connectivity index (χ3v) is 7.34. The van der Waals surface area contributed by atoms with Crippen LogP contribution in [-0.4, -0.2) is 39.2 Å². The Kier molecular flexibility index (Phi) is 9.49. The first-order valence-electron chi connectivity index (χ1n) is 12.5. The van der Waals surface area contributed by atoms with Crippen molar-refractivity contribution >= 4 is 46.2 Å². The van der Waals surface area contributed by atoms with Gasteiger partial charge in [-0.2, -0.15) is 5.26 Å². The van der Waals surface area contributed by atoms with Crippen LogP contribution in [-0.2, 0) is 30.4 Å². The SMILES string of the molecule is COC(=O)C1=C(C(=O)OC)N(c2c(I)cc(C(=O)OC)cc2OCc2ccccc2)C(N)=C(C#N)C1c1ccccc1. The minimum atomic E-state index is -1.03. The molecule has 3 aromatic rings. The Hall–Kier alpha value is -4.83. The molecule has 11 heteroatoms. The third kappa shape index (κ3) is 5.80. The maximum atomic E-state index is 13.5. The summed E-state index contributed by atoms with van der Waals surface area (Å²) in [6, 6.07) is 23.1. The molecule has 2 N–H and O–H groups in total. The van der Waals surface area contributed by atoms with Crippen LogP contribution in [0, 0.1) is 14.9 Å². The summed E-state index contributed by atoms with van der Waals surface area (Å²) in [6.45, 7) is 0.0882. The van der Waals surface area contributed by atoms with E-state index in [0.29, 0.717) is 9.13 Å². The molecule has 0 fully saturated rings. The van der Waals surface area contributed by atoms with Crippen molar-refractivity contribution in [1.29, 1.82) is 5.26 Å². The zero-order valence-electron chi connectivity index (χ0n) is 22.9. The number of rotatable bonds is 8. The number of allylic oxidation sites excluding steroid dienone is 1. The molecule has 1 unspecified atom stereocenters. The van der Waals surface area contributed by atoms with E-state index in [1.165, 1.54) is 31.3 Å². The number of methoxy groups -OCH3 is 3. The van der Waals surface area contributed by atoms with E-state index in [4.69, 9.17) is 24.7 Å². The normalized spacial score (nSPS) is 14.6. The van der Waals surface area contributed by atoms with E-state index >= 15 is 0 Å². The van der Waals surface area contributed by atoms with Gasteiger partial charge in [0, 0.05) is 3.57 Å². The van der Waals surface area contributed by atoms with Gasteiger partial charge < -0.3 is 24.7 Å². The van der Waals surface area contributed by atoms with Crippen LogP contribution >= 0.6 is 22.6 Å². The standard InChI is InChI=1S/C31H26IN3O7/c1-39-29(36)20-14-22(32)26(23(15-20)42-17-18-10-6-4-7-11-18)35-27(31(38)41-3)25(30(37)40-2)24(21(16-33)28(35)34)19-12-8-5-9-13-19/h4-15,24H,17,34H2,1-3H3. The monoisotopic (exact) mass is 679 g/mol. The van der Waals surface area contributed by atoms with Gasteiger partial charge in [0.2, 0.25) is 0 Å². The number of ether oxygens (including phenoxy) is 4. The van der Waals surface area contributed by atoms with Gasteiger partial charge in [-0.15, -0.1) is 0 Å². The molecule has 3 aromatic carbocycles. The highest BCUT2D eigenvalue weighted by Crippen LogP contribution is 2.47. The fourth-order valence-electron chi connectivity index (χ4n) is 4.62. The Morgan fingerprint density at radius 2 is 1.50 bits per heavy atom. The molecule has 0 spiro atoms. The Morgan fingerprint density at radius 1 is 0.905 bits per heavy atom. The van der Waals surface area contributed by atoms with Crippen molar-refractivity contribution in [2.75, 3.05) is 26.2 Å². The minimum Gasteiger partial charge on any atom is -0.487 e. The van der Waals surface area contributed by atoms with Crippen LogP contribution in [0.25, 0.3) is 0 Å². The number of anilines is 1. The van der Waals surface area contributed by atoms with E-state index in [1.807, 2.05) is 52.9 Å². The number of hydrogen-bond acceptors (Lipinski definition) is 10. The van der Waals surface area contributed by atoms with Gasteiger partial charge in [0.25, 0.3) is 0 Å². The molecular weight excluding hydrogens is 653 g/mol. The molecule has 0 saturated heterocycles. The lowest BCUT2D eigenvalue weighted by atomic mass is 9.81. The quantitative estimate of drug-likeness (QED) is 0.205. The fourth-order valence-corrected chi connectivity index (χ4v) is 5.46. The lowest BCUT2D eigenvalue weighted by Crippen LogP contribution is -2.41. The van der Waals surface area contributed by atoms with Gasteiger partial charge in [-0.3, -0.25) is 4.90 Å². The first-order chi connectivity index (χ1) is 20.3. The molecular formula is C31H26IN3O7. The lowest BCUT2D eigenvalue weighted by molar-refractivity contribution is -0.139. The van der Waals surface area contributed by atoms with Gasteiger partial charge in [0.05, 0.1) is 50.0 Å². The number of esters is 3. The molecule has 0 aromatic heterocycles. The van der Waals surface area contributed by atoms with E-state index < -0.39 is 23.8 Å². The summed E-state index contributed by atoms with van der Waals surface area (Å²) in [7, 11) is 3.59. The van der Waals surface area contributed by atoms with Crippen LogP contribution in [0.15, 0.2) is 95.5 Å². The van der Waals surface area contributed by atoms with E-state index in [2.05, 4.69) is 6.07 Å². The predicted octanol–water partition coefficient (Wildman–Crippen LogP) is 4.55. The second-order valence-corrected chi connectivity index (χ2v) is 10.1. The molecule has 4 rings (SSSR count). The second-order valence-electron chi connectivity index (χ2n) is 8.91. The fraction of sp³-hybridized carbons (Fsp3) is 0.161. The van der Waals surface area contributed by atoms with E-state index in [-0.39, 0.29) is 46.3 Å². The maximum Gasteiger partial charge on any atom is 0.355 e. The van der Waals surface area contributed by atoms with Gasteiger partial charge >= 0.3 is 17.9 Å². The average molecular weight is 679 g/mol. The number of carbonyl (C=O) groups excluding carboxylic acids is 3. The first-order valence-corrected chi connectivity index (χ1v) is 13.6. The van der Waals surface area contributed by atoms with Gasteiger partial charge in [-0.1, -0.05) is 60.7 Å². The third-order valence-electron chi connectivity index (χ3n) is 6.52. The van der Waals surface area contributed by atoms with Gasteiger partial charge in [-0.25, -0.2) is 14.4 Å². The molecule has 214 valence electrons. The highest BCUT2D eigenvalue weighted by molar-refractivity contribution is 14.1. The summed E-state index contributed by atoms with van der Waals surface area (Å²) in [5.41, 5.74) is 8.01. The summed E-state index contributed by atoms with van der Waals surface area (Å²) in [5.74, 6) is -3.41. The van der Waals surface area contributed by atoms with Crippen molar-refractivity contribution in [1.82, 2.24) is 0 Å². The number of halogens is 1. The van der Waals surface area contributed by atoms with Crippen LogP contribution in [0.3, 0.4) is 0 Å². The molecule has 0 aliphatic carbocycles. The van der Waals surface area contributed by atoms with E-state index in [1.54, 1.807) is 30.3 Å². The summed E-state index contributed by atoms with van der Waals surface area (Å²) in [6.07, 6.45) is 0. The van der Waals surface area contributed by atoms with Crippen molar-refractivity contribution in [3.8, 4) is 11.8 Å². The summed E-state index contributed by atoms with van der Waals surface area (Å²) in [4.78, 5) is 40.7. The van der Waals surface area contributed by atoms with Gasteiger partial charge in [0.1, 0.15) is 29.6 Å². The number of benzene rings is 3. The van der Waals surface area contributed by atoms with Crippen LogP contribution in [0.4, 0.5) is 5.69 Å². The van der Waals surface area contributed by atoms with Crippen molar-refractivity contribution in [3.05, 3.63) is 116 Å². The number of hydrogen-bond donors (Lipinski definition) is 1. The molecule has 1 aliphatic heterocycles. The molecule has 10 nitrogen and oxygen atoms in total. The molecule has 42 heavy (non-hydrogen) atoms. The average Bonchev–Trinajstić information content (AvgIpc) is 3.03. The van der Waals surface area contributed by atoms with Crippen LogP contribution in [0.1, 0.15) is 27.4 Å². The van der Waals surface area contributed by atoms with Crippen LogP contribution in [0.2, 0.25) is 0 Å². The lowest BCUT2D eigenvalue weighted by Gasteiger charge is -2.37. The summed E-state index contributed by atoms with van der Waals surface area (Å²) in [5, 5.41) is 10.4. The Morgan fingerprint density at radius 3 is 2.07 bits per heavy atom. The first kappa shape index (κ1) is 30.1. The smallest absolute Gasteiger partial charge is 0.355 e. The maximum absolute atomic E-state index is 13.5. The molecule has 1 aliphatic rings. The molecule has 0 saturated carbocycles. The number of nitrogens with two attached hydrogens (primary N) is 1. The van der Waals surface area contributed by atoms with E-state index in [0.717, 1.165) is 12.7 Å². The summed E-state index contributed by atoms with van der Waals surface area (Å²) < 4.78 is 21.8.